The van der Waals surface area contributed by atoms with Crippen LogP contribution >= 0.6 is 0 Å². The van der Waals surface area contributed by atoms with E-state index in [-0.39, 0.29) is 12.6 Å². The fourth-order valence-corrected chi connectivity index (χ4v) is 1.56. The Bertz CT molecular complexity index is 378. The first-order valence-electron chi connectivity index (χ1n) is 5.82. The number of aliphatic hydroxyl groups excluding tert-OH is 1. The number of hydrogen-bond donors (Lipinski definition) is 3. The van der Waals surface area contributed by atoms with Crippen LogP contribution in [0.2, 0.25) is 0 Å². The fourth-order valence-electron chi connectivity index (χ4n) is 1.56. The molecule has 4 nitrogen and oxygen atoms in total. The van der Waals surface area contributed by atoms with E-state index in [1.807, 2.05) is 26.0 Å². The molecule has 1 rings (SSSR count). The van der Waals surface area contributed by atoms with E-state index in [0.717, 1.165) is 5.56 Å². The van der Waals surface area contributed by atoms with E-state index in [1.54, 1.807) is 0 Å². The molecule has 94 valence electrons. The van der Waals surface area contributed by atoms with Gasteiger partial charge < -0.3 is 15.7 Å². The number of amides is 2. The number of nitrogens with one attached hydrogen (secondary N) is 2. The molecule has 0 aliphatic rings. The van der Waals surface area contributed by atoms with Crippen LogP contribution in [0.25, 0.3) is 0 Å². The third kappa shape index (κ3) is 4.87. The number of aliphatic hydroxyl groups is 1. The van der Waals surface area contributed by atoms with E-state index >= 15 is 0 Å². The van der Waals surface area contributed by atoms with E-state index in [0.29, 0.717) is 19.5 Å². The minimum absolute atomic E-state index is 0.0946. The van der Waals surface area contributed by atoms with Gasteiger partial charge in [0, 0.05) is 19.7 Å². The van der Waals surface area contributed by atoms with Gasteiger partial charge in [0.2, 0.25) is 0 Å². The summed E-state index contributed by atoms with van der Waals surface area (Å²) in [5.74, 6) is 0. The standard InChI is InChI=1S/C13H20N2O2/c1-10-4-5-12(11(2)8-10)9-15-13(17)14-6-3-7-16/h4-5,8,16H,3,6-7,9H2,1-2H3,(H2,14,15,17). The van der Waals surface area contributed by atoms with E-state index in [2.05, 4.69) is 16.7 Å². The van der Waals surface area contributed by atoms with Gasteiger partial charge in [-0.1, -0.05) is 23.8 Å². The normalized spacial score (nSPS) is 10.1. The molecule has 0 aliphatic heterocycles. The van der Waals surface area contributed by atoms with E-state index in [9.17, 15) is 4.79 Å². The predicted octanol–water partition coefficient (Wildman–Crippen LogP) is 1.49. The second-order valence-corrected chi connectivity index (χ2v) is 4.12. The van der Waals surface area contributed by atoms with Crippen molar-refractivity contribution in [2.45, 2.75) is 26.8 Å². The summed E-state index contributed by atoms with van der Waals surface area (Å²) in [6, 6.07) is 5.96. The van der Waals surface area contributed by atoms with Gasteiger partial charge in [0.1, 0.15) is 0 Å². The van der Waals surface area contributed by atoms with Gasteiger partial charge in [-0.2, -0.15) is 0 Å². The summed E-state index contributed by atoms with van der Waals surface area (Å²) in [5.41, 5.74) is 3.52. The molecular formula is C13H20N2O2. The molecule has 1 aromatic rings. The summed E-state index contributed by atoms with van der Waals surface area (Å²) in [4.78, 5) is 11.4. The maximum Gasteiger partial charge on any atom is 0.315 e. The molecule has 2 amide bonds. The number of rotatable bonds is 5. The maximum atomic E-state index is 11.4. The molecule has 0 unspecified atom stereocenters. The van der Waals surface area contributed by atoms with Crippen LogP contribution in [0.5, 0.6) is 0 Å². The minimum Gasteiger partial charge on any atom is -0.396 e. The molecule has 4 heteroatoms. The Kier molecular flexibility index (Phi) is 5.49. The number of urea groups is 1. The summed E-state index contributed by atoms with van der Waals surface area (Å²) < 4.78 is 0. The molecule has 0 saturated heterocycles. The first-order valence-corrected chi connectivity index (χ1v) is 5.82. The van der Waals surface area contributed by atoms with E-state index in [1.165, 1.54) is 11.1 Å². The molecule has 1 aromatic carbocycles. The smallest absolute Gasteiger partial charge is 0.315 e. The molecule has 0 saturated carbocycles. The lowest BCUT2D eigenvalue weighted by atomic mass is 10.1. The number of hydrogen-bond acceptors (Lipinski definition) is 2. The van der Waals surface area contributed by atoms with Crippen LogP contribution in [-0.4, -0.2) is 24.3 Å². The average Bonchev–Trinajstić information content (AvgIpc) is 2.28. The van der Waals surface area contributed by atoms with Gasteiger partial charge in [-0.05, 0) is 31.4 Å². The topological polar surface area (TPSA) is 61.4 Å². The van der Waals surface area contributed by atoms with Gasteiger partial charge in [-0.25, -0.2) is 4.79 Å². The Morgan fingerprint density at radius 2 is 2.06 bits per heavy atom. The van der Waals surface area contributed by atoms with Gasteiger partial charge in [-0.3, -0.25) is 0 Å². The van der Waals surface area contributed by atoms with Crippen molar-refractivity contribution in [3.05, 3.63) is 34.9 Å². The zero-order valence-electron chi connectivity index (χ0n) is 10.4. The Morgan fingerprint density at radius 3 is 2.71 bits per heavy atom. The highest BCUT2D eigenvalue weighted by atomic mass is 16.3. The van der Waals surface area contributed by atoms with Crippen molar-refractivity contribution in [3.8, 4) is 0 Å². The van der Waals surface area contributed by atoms with Crippen molar-refractivity contribution in [1.29, 1.82) is 0 Å². The van der Waals surface area contributed by atoms with Crippen LogP contribution < -0.4 is 10.6 Å². The number of carbonyl (C=O) groups is 1. The summed E-state index contributed by atoms with van der Waals surface area (Å²) >= 11 is 0. The highest BCUT2D eigenvalue weighted by Gasteiger charge is 2.02. The van der Waals surface area contributed by atoms with Crippen LogP contribution in [0.15, 0.2) is 18.2 Å². The lowest BCUT2D eigenvalue weighted by Crippen LogP contribution is -2.35. The lowest BCUT2D eigenvalue weighted by molar-refractivity contribution is 0.237. The molecule has 0 fully saturated rings. The Balaban J connectivity index is 2.37. The number of carbonyl (C=O) groups excluding carboxylic acids is 1. The Morgan fingerprint density at radius 1 is 1.29 bits per heavy atom. The van der Waals surface area contributed by atoms with Crippen molar-refractivity contribution in [2.75, 3.05) is 13.2 Å². The van der Waals surface area contributed by atoms with E-state index in [4.69, 9.17) is 5.11 Å². The maximum absolute atomic E-state index is 11.4. The molecular weight excluding hydrogens is 216 g/mol. The van der Waals surface area contributed by atoms with Gasteiger partial charge in [0.15, 0.2) is 0 Å². The lowest BCUT2D eigenvalue weighted by Gasteiger charge is -2.09. The summed E-state index contributed by atoms with van der Waals surface area (Å²) in [6.07, 6.45) is 0.580. The number of aryl methyl sites for hydroxylation is 2. The predicted molar refractivity (Wildman–Crippen MR) is 67.9 cm³/mol. The summed E-state index contributed by atoms with van der Waals surface area (Å²) in [6.45, 7) is 5.20. The van der Waals surface area contributed by atoms with Crippen molar-refractivity contribution in [1.82, 2.24) is 10.6 Å². The second-order valence-electron chi connectivity index (χ2n) is 4.12. The van der Waals surface area contributed by atoms with Gasteiger partial charge >= 0.3 is 6.03 Å². The molecule has 0 aromatic heterocycles. The zero-order valence-corrected chi connectivity index (χ0v) is 10.4. The van der Waals surface area contributed by atoms with E-state index < -0.39 is 0 Å². The number of benzene rings is 1. The van der Waals surface area contributed by atoms with Crippen molar-refractivity contribution in [2.24, 2.45) is 0 Å². The van der Waals surface area contributed by atoms with Crippen LogP contribution in [0.1, 0.15) is 23.1 Å². The molecule has 0 spiro atoms. The summed E-state index contributed by atoms with van der Waals surface area (Å²) in [5, 5.41) is 14.0. The quantitative estimate of drug-likeness (QED) is 0.678. The molecule has 17 heavy (non-hydrogen) atoms. The van der Waals surface area contributed by atoms with Crippen LogP contribution in [-0.2, 0) is 6.54 Å². The molecule has 0 atom stereocenters. The van der Waals surface area contributed by atoms with Gasteiger partial charge in [-0.15, -0.1) is 0 Å². The Hall–Kier alpha value is -1.55. The Labute approximate surface area is 102 Å². The largest absolute Gasteiger partial charge is 0.396 e. The van der Waals surface area contributed by atoms with Crippen molar-refractivity contribution < 1.29 is 9.90 Å². The molecule has 0 heterocycles. The van der Waals surface area contributed by atoms with Crippen molar-refractivity contribution >= 4 is 6.03 Å². The second kappa shape index (κ2) is 6.91. The van der Waals surface area contributed by atoms with Crippen LogP contribution in [0.4, 0.5) is 4.79 Å². The van der Waals surface area contributed by atoms with Crippen LogP contribution in [0.3, 0.4) is 0 Å². The van der Waals surface area contributed by atoms with Crippen molar-refractivity contribution in [3.63, 3.8) is 0 Å². The third-order valence-corrected chi connectivity index (χ3v) is 2.56. The fraction of sp³-hybridized carbons (Fsp3) is 0.462. The average molecular weight is 236 g/mol. The SMILES string of the molecule is Cc1ccc(CNC(=O)NCCCO)c(C)c1. The first-order chi connectivity index (χ1) is 8.13. The monoisotopic (exact) mass is 236 g/mol. The molecule has 0 aliphatic carbocycles. The molecule has 0 bridgehead atoms. The highest BCUT2D eigenvalue weighted by molar-refractivity contribution is 5.73. The first kappa shape index (κ1) is 13.5. The van der Waals surface area contributed by atoms with Gasteiger partial charge in [0.25, 0.3) is 0 Å². The van der Waals surface area contributed by atoms with Gasteiger partial charge in [0.05, 0.1) is 0 Å². The third-order valence-electron chi connectivity index (χ3n) is 2.56. The molecule has 3 N–H and O–H groups in total. The molecule has 0 radical (unpaired) electrons. The zero-order chi connectivity index (χ0) is 12.7. The van der Waals surface area contributed by atoms with Crippen LogP contribution in [0, 0.1) is 13.8 Å². The minimum atomic E-state index is -0.196. The summed E-state index contributed by atoms with van der Waals surface area (Å²) in [7, 11) is 0. The highest BCUT2D eigenvalue weighted by Crippen LogP contribution is 2.09.